The number of pyridine rings is 1. The lowest BCUT2D eigenvalue weighted by Crippen LogP contribution is -2.52. The van der Waals surface area contributed by atoms with Crippen molar-refractivity contribution in [2.75, 3.05) is 27.3 Å². The largest absolute Gasteiger partial charge is 0.495 e. The van der Waals surface area contributed by atoms with Gasteiger partial charge in [0.05, 0.1) is 31.6 Å². The van der Waals surface area contributed by atoms with E-state index in [2.05, 4.69) is 26.2 Å². The molecule has 0 radical (unpaired) electrons. The standard InChI is InChI=1S/C26H25BrF2N2O3.CH4O/c1-33-21-13-31-14-22-24(21)25(32)18(12-30-15-23(28)29)11-20(16-5-3-2-4-6-16)26(25,34-22)17-7-9-19(27)10-8-17;1-2/h2-10,13-14,18,20,23,30,32H,11-12,15H2,1H3;2H,1H3. The minimum absolute atomic E-state index is 0.191. The topological polar surface area (TPSA) is 83.8 Å². The number of aromatic nitrogens is 1. The normalized spacial score (nSPS) is 26.0. The number of ether oxygens (including phenoxy) is 2. The molecular formula is C27H29BrF2N2O4. The first-order valence-corrected chi connectivity index (χ1v) is 12.4. The van der Waals surface area contributed by atoms with Crippen LogP contribution in [0.1, 0.15) is 29.0 Å². The van der Waals surface area contributed by atoms with E-state index in [4.69, 9.17) is 14.6 Å². The van der Waals surface area contributed by atoms with Gasteiger partial charge >= 0.3 is 0 Å². The molecule has 2 aromatic carbocycles. The molecule has 6 nitrogen and oxygen atoms in total. The van der Waals surface area contributed by atoms with Crippen molar-refractivity contribution in [1.82, 2.24) is 10.3 Å². The van der Waals surface area contributed by atoms with E-state index >= 15 is 0 Å². The van der Waals surface area contributed by atoms with Crippen LogP contribution in [-0.2, 0) is 11.2 Å². The number of nitrogens with one attached hydrogen (secondary N) is 1. The minimum Gasteiger partial charge on any atom is -0.495 e. The molecule has 3 N–H and O–H groups in total. The van der Waals surface area contributed by atoms with E-state index in [1.807, 2.05) is 54.6 Å². The Bertz CT molecular complexity index is 1170. The second-order valence-electron chi connectivity index (χ2n) is 8.77. The lowest BCUT2D eigenvalue weighted by molar-refractivity contribution is -0.127. The molecule has 1 aromatic heterocycles. The molecule has 192 valence electrons. The third kappa shape index (κ3) is 4.18. The molecule has 5 rings (SSSR count). The predicted octanol–water partition coefficient (Wildman–Crippen LogP) is 4.60. The van der Waals surface area contributed by atoms with Gasteiger partial charge in [-0.3, -0.25) is 4.98 Å². The summed E-state index contributed by atoms with van der Waals surface area (Å²) in [6.45, 7) is -0.258. The first kappa shape index (κ1) is 26.5. The quantitative estimate of drug-likeness (QED) is 0.390. The van der Waals surface area contributed by atoms with Gasteiger partial charge in [0.25, 0.3) is 6.43 Å². The van der Waals surface area contributed by atoms with Gasteiger partial charge in [0, 0.05) is 30.0 Å². The second kappa shape index (κ2) is 10.8. The highest BCUT2D eigenvalue weighted by atomic mass is 79.9. The van der Waals surface area contributed by atoms with Gasteiger partial charge in [-0.25, -0.2) is 8.78 Å². The Morgan fingerprint density at radius 2 is 1.83 bits per heavy atom. The molecule has 4 unspecified atom stereocenters. The SMILES string of the molecule is CO.COc1cncc2c1C1(O)C(CNCC(F)F)CC(c3ccccc3)C1(c1ccc(Br)cc1)O2. The zero-order chi connectivity index (χ0) is 25.9. The van der Waals surface area contributed by atoms with Crippen molar-refractivity contribution in [3.05, 3.63) is 88.2 Å². The van der Waals surface area contributed by atoms with Crippen LogP contribution in [0.2, 0.25) is 0 Å². The average Bonchev–Trinajstić information content (AvgIpc) is 3.31. The van der Waals surface area contributed by atoms with E-state index in [0.29, 0.717) is 23.5 Å². The molecule has 0 saturated heterocycles. The number of halogens is 3. The summed E-state index contributed by atoms with van der Waals surface area (Å²) in [6, 6.07) is 17.6. The molecule has 9 heteroatoms. The van der Waals surface area contributed by atoms with Crippen LogP contribution < -0.4 is 14.8 Å². The Morgan fingerprint density at radius 3 is 2.47 bits per heavy atom. The molecule has 1 saturated carbocycles. The van der Waals surface area contributed by atoms with Crippen molar-refractivity contribution in [3.8, 4) is 11.5 Å². The lowest BCUT2D eigenvalue weighted by Gasteiger charge is -2.42. The van der Waals surface area contributed by atoms with Gasteiger partial charge in [-0.05, 0) is 29.7 Å². The first-order chi connectivity index (χ1) is 17.4. The Hall–Kier alpha value is -2.59. The average molecular weight is 563 g/mol. The summed E-state index contributed by atoms with van der Waals surface area (Å²) in [7, 11) is 2.52. The summed E-state index contributed by atoms with van der Waals surface area (Å²) < 4.78 is 39.2. The smallest absolute Gasteiger partial charge is 0.250 e. The monoisotopic (exact) mass is 562 g/mol. The van der Waals surface area contributed by atoms with Gasteiger partial charge in [0.2, 0.25) is 0 Å². The third-order valence-electron chi connectivity index (χ3n) is 7.08. The molecule has 0 spiro atoms. The van der Waals surface area contributed by atoms with Crippen LogP contribution in [0, 0.1) is 5.92 Å². The number of alkyl halides is 2. The molecule has 0 bridgehead atoms. The van der Waals surface area contributed by atoms with Crippen molar-refractivity contribution in [2.24, 2.45) is 5.92 Å². The number of hydrogen-bond acceptors (Lipinski definition) is 6. The van der Waals surface area contributed by atoms with Gasteiger partial charge in [-0.1, -0.05) is 58.4 Å². The van der Waals surface area contributed by atoms with E-state index in [-0.39, 0.29) is 12.5 Å². The van der Waals surface area contributed by atoms with Crippen LogP contribution in [0.4, 0.5) is 8.78 Å². The number of hydrogen-bond donors (Lipinski definition) is 3. The maximum absolute atomic E-state index is 13.0. The highest BCUT2D eigenvalue weighted by Gasteiger charge is 2.73. The van der Waals surface area contributed by atoms with Gasteiger partial charge in [-0.15, -0.1) is 0 Å². The zero-order valence-electron chi connectivity index (χ0n) is 20.0. The Kier molecular flexibility index (Phi) is 7.94. The summed E-state index contributed by atoms with van der Waals surface area (Å²) in [5, 5.41) is 22.6. The van der Waals surface area contributed by atoms with Gasteiger partial charge in [0.1, 0.15) is 17.1 Å². The first-order valence-electron chi connectivity index (χ1n) is 11.6. The summed E-state index contributed by atoms with van der Waals surface area (Å²) in [6.07, 6.45) is 1.18. The number of nitrogens with zero attached hydrogens (tertiary/aromatic N) is 1. The number of rotatable bonds is 7. The molecule has 4 atom stereocenters. The molecule has 0 amide bonds. The Balaban J connectivity index is 0.00000148. The van der Waals surface area contributed by atoms with Crippen LogP contribution in [-0.4, -0.2) is 48.9 Å². The van der Waals surface area contributed by atoms with E-state index in [9.17, 15) is 13.9 Å². The summed E-state index contributed by atoms with van der Waals surface area (Å²) in [5.74, 6) is 0.156. The van der Waals surface area contributed by atoms with Crippen molar-refractivity contribution in [2.45, 2.75) is 30.0 Å². The maximum Gasteiger partial charge on any atom is 0.250 e. The number of fused-ring (bicyclic) bond motifs is 3. The number of aliphatic hydroxyl groups is 2. The highest BCUT2D eigenvalue weighted by molar-refractivity contribution is 9.10. The van der Waals surface area contributed by atoms with E-state index in [0.717, 1.165) is 22.7 Å². The number of methoxy groups -OCH3 is 1. The second-order valence-corrected chi connectivity index (χ2v) is 9.69. The molecule has 1 aliphatic heterocycles. The summed E-state index contributed by atoms with van der Waals surface area (Å²) in [5.41, 5.74) is -0.456. The Morgan fingerprint density at radius 1 is 1.14 bits per heavy atom. The van der Waals surface area contributed by atoms with E-state index < -0.39 is 30.1 Å². The van der Waals surface area contributed by atoms with Gasteiger partial charge in [0.15, 0.2) is 5.60 Å². The predicted molar refractivity (Wildman–Crippen MR) is 135 cm³/mol. The van der Waals surface area contributed by atoms with Crippen LogP contribution in [0.3, 0.4) is 0 Å². The van der Waals surface area contributed by atoms with Crippen LogP contribution in [0.5, 0.6) is 11.5 Å². The van der Waals surface area contributed by atoms with E-state index in [1.165, 1.54) is 7.11 Å². The van der Waals surface area contributed by atoms with Gasteiger partial charge < -0.3 is 25.0 Å². The van der Waals surface area contributed by atoms with Crippen LogP contribution >= 0.6 is 15.9 Å². The van der Waals surface area contributed by atoms with Crippen molar-refractivity contribution >= 4 is 15.9 Å². The molecule has 2 aliphatic rings. The molecule has 2 heterocycles. The third-order valence-corrected chi connectivity index (χ3v) is 7.61. The molecule has 36 heavy (non-hydrogen) atoms. The van der Waals surface area contributed by atoms with Crippen molar-refractivity contribution in [3.63, 3.8) is 0 Å². The van der Waals surface area contributed by atoms with Crippen LogP contribution in [0.25, 0.3) is 0 Å². The van der Waals surface area contributed by atoms with Crippen molar-refractivity contribution in [1.29, 1.82) is 0 Å². The van der Waals surface area contributed by atoms with Crippen LogP contribution in [0.15, 0.2) is 71.5 Å². The summed E-state index contributed by atoms with van der Waals surface area (Å²) >= 11 is 3.49. The minimum atomic E-state index is -2.48. The Labute approximate surface area is 217 Å². The number of aliphatic hydroxyl groups excluding tert-OH is 1. The fourth-order valence-electron chi connectivity index (χ4n) is 5.76. The highest BCUT2D eigenvalue weighted by Crippen LogP contribution is 2.69. The molecule has 1 fully saturated rings. The summed E-state index contributed by atoms with van der Waals surface area (Å²) in [4.78, 5) is 4.25. The van der Waals surface area contributed by atoms with Gasteiger partial charge in [-0.2, -0.15) is 0 Å². The molecule has 1 aliphatic carbocycles. The number of benzene rings is 2. The maximum atomic E-state index is 13.0. The zero-order valence-corrected chi connectivity index (χ0v) is 21.6. The van der Waals surface area contributed by atoms with Crippen molar-refractivity contribution < 1.29 is 28.5 Å². The molecule has 3 aromatic rings. The molecular weight excluding hydrogens is 534 g/mol. The fourth-order valence-corrected chi connectivity index (χ4v) is 6.03. The van der Waals surface area contributed by atoms with E-state index in [1.54, 1.807) is 12.4 Å². The fraction of sp³-hybridized carbons (Fsp3) is 0.370. The lowest BCUT2D eigenvalue weighted by atomic mass is 9.70.